The van der Waals surface area contributed by atoms with Gasteiger partial charge < -0.3 is 14.5 Å². The first-order valence-electron chi connectivity index (χ1n) is 11.7. The summed E-state index contributed by atoms with van der Waals surface area (Å²) >= 11 is 0. The Morgan fingerprint density at radius 1 is 1.21 bits per heavy atom. The Morgan fingerprint density at radius 2 is 1.94 bits per heavy atom. The van der Waals surface area contributed by atoms with Gasteiger partial charge in [0.05, 0.1) is 24.2 Å². The number of fused-ring (bicyclic) bond motifs is 1. The summed E-state index contributed by atoms with van der Waals surface area (Å²) in [6.07, 6.45) is 8.20. The summed E-state index contributed by atoms with van der Waals surface area (Å²) in [4.78, 5) is 28.7. The summed E-state index contributed by atoms with van der Waals surface area (Å²) in [6.45, 7) is 5.28. The van der Waals surface area contributed by atoms with E-state index in [9.17, 15) is 18.0 Å². The molecule has 9 nitrogen and oxygen atoms in total. The second kappa shape index (κ2) is 9.77. The lowest BCUT2D eigenvalue weighted by Gasteiger charge is -2.36. The maximum Gasteiger partial charge on any atom is 0.260 e. The van der Waals surface area contributed by atoms with Crippen LogP contribution in [0, 0.1) is 0 Å². The highest BCUT2D eigenvalue weighted by atomic mass is 32.2. The average Bonchev–Trinajstić information content (AvgIpc) is 3.47. The molecule has 34 heavy (non-hydrogen) atoms. The van der Waals surface area contributed by atoms with E-state index in [-0.39, 0.29) is 36.8 Å². The molecule has 0 unspecified atom stereocenters. The molecule has 1 saturated heterocycles. The molecule has 0 saturated carbocycles. The molecular weight excluding hydrogens is 456 g/mol. The van der Waals surface area contributed by atoms with E-state index in [1.807, 2.05) is 24.0 Å². The van der Waals surface area contributed by atoms with Gasteiger partial charge in [0, 0.05) is 55.2 Å². The van der Waals surface area contributed by atoms with E-state index in [2.05, 4.69) is 5.10 Å². The molecule has 2 aromatic rings. The zero-order valence-electron chi connectivity index (χ0n) is 20.0. The van der Waals surface area contributed by atoms with Crippen molar-refractivity contribution >= 4 is 27.3 Å². The summed E-state index contributed by atoms with van der Waals surface area (Å²) in [5.41, 5.74) is 3.26. The van der Waals surface area contributed by atoms with Gasteiger partial charge in [-0.1, -0.05) is 0 Å². The normalized spacial score (nSPS) is 18.1. The molecule has 0 bridgehead atoms. The van der Waals surface area contributed by atoms with E-state index < -0.39 is 9.84 Å². The highest BCUT2D eigenvalue weighted by Gasteiger charge is 2.30. The lowest BCUT2D eigenvalue weighted by molar-refractivity contribution is -0.132. The molecule has 0 N–H and O–H groups in total. The van der Waals surface area contributed by atoms with Gasteiger partial charge in [0.1, 0.15) is 15.6 Å². The number of hydrogen-bond donors (Lipinski definition) is 0. The smallest absolute Gasteiger partial charge is 0.260 e. The fraction of sp³-hybridized carbons (Fsp3) is 0.542. The average molecular weight is 489 g/mol. The molecule has 4 rings (SSSR count). The Labute approximate surface area is 200 Å². The van der Waals surface area contributed by atoms with Crippen molar-refractivity contribution in [1.82, 2.24) is 14.7 Å². The third-order valence-corrected chi connectivity index (χ3v) is 7.45. The third-order valence-electron chi connectivity index (χ3n) is 6.52. The highest BCUT2D eigenvalue weighted by molar-refractivity contribution is 7.90. The van der Waals surface area contributed by atoms with Crippen LogP contribution in [0.4, 0.5) is 5.69 Å². The Kier molecular flexibility index (Phi) is 6.97. The highest BCUT2D eigenvalue weighted by Crippen LogP contribution is 2.43. The summed E-state index contributed by atoms with van der Waals surface area (Å²) in [7, 11) is -3.11. The van der Waals surface area contributed by atoms with Crippen LogP contribution in [0.25, 0.3) is 11.1 Å². The molecule has 1 aromatic heterocycles. The maximum atomic E-state index is 12.7. The Bertz CT molecular complexity index is 1180. The zero-order valence-corrected chi connectivity index (χ0v) is 20.8. The molecule has 184 valence electrons. The SMILES string of the molecule is CC(=O)N1c2ccc(-c3cnn(CCS(C)(=O)=O)c3)c(OCC(=O)N3CCCC3)c2CC[C@@H]1C. The van der Waals surface area contributed by atoms with Gasteiger partial charge in [-0.3, -0.25) is 14.3 Å². The standard InChI is InChI=1S/C24H32N4O5S/c1-17-6-7-21-22(28(17)18(2)29)9-8-20(19-14-25-27(15-19)12-13-34(3,31)32)24(21)33-16-23(30)26-10-4-5-11-26/h8-9,14-15,17H,4-7,10-13,16H2,1-3H3/t17-/m0/s1. The van der Waals surface area contributed by atoms with Crippen LogP contribution in [0.2, 0.25) is 0 Å². The summed E-state index contributed by atoms with van der Waals surface area (Å²) < 4.78 is 30.9. The van der Waals surface area contributed by atoms with Crippen molar-refractivity contribution in [3.63, 3.8) is 0 Å². The van der Waals surface area contributed by atoms with Crippen molar-refractivity contribution in [3.8, 4) is 16.9 Å². The van der Waals surface area contributed by atoms with Crippen LogP contribution in [0.5, 0.6) is 5.75 Å². The first-order valence-corrected chi connectivity index (χ1v) is 13.8. The van der Waals surface area contributed by atoms with Crippen LogP contribution in [-0.2, 0) is 32.4 Å². The van der Waals surface area contributed by atoms with Crippen molar-refractivity contribution < 1.29 is 22.7 Å². The van der Waals surface area contributed by atoms with Crippen molar-refractivity contribution in [2.24, 2.45) is 0 Å². The largest absolute Gasteiger partial charge is 0.483 e. The minimum absolute atomic E-state index is 0.00252. The predicted octanol–water partition coefficient (Wildman–Crippen LogP) is 2.28. The van der Waals surface area contributed by atoms with Crippen LogP contribution in [0.1, 0.15) is 38.7 Å². The topological polar surface area (TPSA) is 102 Å². The number of aromatic nitrogens is 2. The first kappa shape index (κ1) is 24.3. The van der Waals surface area contributed by atoms with Crippen LogP contribution in [0.3, 0.4) is 0 Å². The van der Waals surface area contributed by atoms with Gasteiger partial charge >= 0.3 is 0 Å². The number of likely N-dealkylation sites (tertiary alicyclic amines) is 1. The quantitative estimate of drug-likeness (QED) is 0.593. The molecule has 2 aliphatic heterocycles. The van der Waals surface area contributed by atoms with E-state index in [0.29, 0.717) is 5.75 Å². The Balaban J connectivity index is 1.69. The Morgan fingerprint density at radius 3 is 2.62 bits per heavy atom. The molecule has 0 radical (unpaired) electrons. The van der Waals surface area contributed by atoms with E-state index in [4.69, 9.17) is 4.74 Å². The van der Waals surface area contributed by atoms with Crippen LogP contribution < -0.4 is 9.64 Å². The number of ether oxygens (including phenoxy) is 1. The molecule has 0 spiro atoms. The minimum Gasteiger partial charge on any atom is -0.483 e. The summed E-state index contributed by atoms with van der Waals surface area (Å²) in [5, 5.41) is 4.32. The van der Waals surface area contributed by atoms with Crippen molar-refractivity contribution in [2.75, 3.05) is 36.6 Å². The van der Waals surface area contributed by atoms with Gasteiger partial charge in [0.25, 0.3) is 5.91 Å². The first-order chi connectivity index (χ1) is 16.1. The lowest BCUT2D eigenvalue weighted by atomic mass is 9.92. The van der Waals surface area contributed by atoms with Crippen molar-refractivity contribution in [3.05, 3.63) is 30.1 Å². The van der Waals surface area contributed by atoms with Gasteiger partial charge in [-0.25, -0.2) is 8.42 Å². The van der Waals surface area contributed by atoms with Gasteiger partial charge in [-0.15, -0.1) is 0 Å². The van der Waals surface area contributed by atoms with E-state index in [1.54, 1.807) is 28.9 Å². The fourth-order valence-electron chi connectivity index (χ4n) is 4.75. The lowest BCUT2D eigenvalue weighted by Crippen LogP contribution is -2.41. The summed E-state index contributed by atoms with van der Waals surface area (Å²) in [6, 6.07) is 3.89. The molecule has 10 heteroatoms. The Hall–Kier alpha value is -2.88. The second-order valence-corrected chi connectivity index (χ2v) is 11.5. The van der Waals surface area contributed by atoms with Crippen LogP contribution in [-0.4, -0.2) is 72.7 Å². The van der Waals surface area contributed by atoms with Crippen LogP contribution in [0.15, 0.2) is 24.5 Å². The maximum absolute atomic E-state index is 12.7. The molecule has 2 aliphatic rings. The molecule has 3 heterocycles. The number of carbonyl (C=O) groups excluding carboxylic acids is 2. The molecule has 1 aromatic carbocycles. The zero-order chi connectivity index (χ0) is 24.5. The van der Waals surface area contributed by atoms with Gasteiger partial charge in [0.2, 0.25) is 5.91 Å². The number of benzene rings is 1. The number of amides is 2. The van der Waals surface area contributed by atoms with Crippen molar-refractivity contribution in [2.45, 2.75) is 52.1 Å². The molecule has 1 fully saturated rings. The number of anilines is 1. The number of carbonyl (C=O) groups is 2. The number of rotatable bonds is 7. The molecular formula is C24H32N4O5S. The molecule has 2 amide bonds. The monoisotopic (exact) mass is 488 g/mol. The minimum atomic E-state index is -3.11. The molecule has 1 atom stereocenters. The van der Waals surface area contributed by atoms with E-state index in [0.717, 1.165) is 61.2 Å². The third kappa shape index (κ3) is 5.27. The van der Waals surface area contributed by atoms with Gasteiger partial charge in [-0.05, 0) is 44.7 Å². The van der Waals surface area contributed by atoms with Gasteiger partial charge in [0.15, 0.2) is 6.61 Å². The number of aryl methyl sites for hydroxylation is 1. The number of sulfone groups is 1. The number of nitrogens with zero attached hydrogens (tertiary/aromatic N) is 4. The van der Waals surface area contributed by atoms with E-state index in [1.165, 1.54) is 6.26 Å². The van der Waals surface area contributed by atoms with Crippen molar-refractivity contribution in [1.29, 1.82) is 0 Å². The van der Waals surface area contributed by atoms with E-state index >= 15 is 0 Å². The van der Waals surface area contributed by atoms with Gasteiger partial charge in [-0.2, -0.15) is 5.10 Å². The number of hydrogen-bond acceptors (Lipinski definition) is 6. The predicted molar refractivity (Wildman–Crippen MR) is 130 cm³/mol. The summed E-state index contributed by atoms with van der Waals surface area (Å²) in [5.74, 6) is 0.509. The fourth-order valence-corrected chi connectivity index (χ4v) is 5.27. The second-order valence-electron chi connectivity index (χ2n) is 9.22. The van der Waals surface area contributed by atoms with Crippen LogP contribution >= 0.6 is 0 Å². The molecule has 0 aliphatic carbocycles.